The van der Waals surface area contributed by atoms with Crippen molar-refractivity contribution in [2.24, 2.45) is 5.92 Å². The van der Waals surface area contributed by atoms with Gasteiger partial charge in [-0.2, -0.15) is 5.10 Å². The minimum Gasteiger partial charge on any atom is -0.336 e. The maximum atomic E-state index is 13.4. The third-order valence-electron chi connectivity index (χ3n) is 7.16. The maximum Gasteiger partial charge on any atom is 0.274 e. The molecule has 0 bridgehead atoms. The Kier molecular flexibility index (Phi) is 6.07. The summed E-state index contributed by atoms with van der Waals surface area (Å²) in [5.74, 6) is 1.02. The van der Waals surface area contributed by atoms with Crippen molar-refractivity contribution in [3.05, 3.63) is 17.0 Å². The summed E-state index contributed by atoms with van der Waals surface area (Å²) in [5.41, 5.74) is 3.32. The highest BCUT2D eigenvalue weighted by atomic mass is 16.2. The van der Waals surface area contributed by atoms with E-state index in [2.05, 4.69) is 35.4 Å². The van der Waals surface area contributed by atoms with Crippen LogP contribution in [-0.4, -0.2) is 82.7 Å². The van der Waals surface area contributed by atoms with E-state index in [1.54, 1.807) is 0 Å². The Bertz CT molecular complexity index is 691. The van der Waals surface area contributed by atoms with Crippen molar-refractivity contribution >= 4 is 5.91 Å². The van der Waals surface area contributed by atoms with Crippen LogP contribution in [0.3, 0.4) is 0 Å². The third kappa shape index (κ3) is 3.99. The number of carbonyl (C=O) groups excluding carboxylic acids is 1. The summed E-state index contributed by atoms with van der Waals surface area (Å²) >= 11 is 0. The predicted octanol–water partition coefficient (Wildman–Crippen LogP) is 2.27. The zero-order valence-corrected chi connectivity index (χ0v) is 18.0. The van der Waals surface area contributed by atoms with Gasteiger partial charge in [-0.15, -0.1) is 0 Å². The maximum absolute atomic E-state index is 13.4. The molecular formula is C22H37N5O. The topological polar surface area (TPSA) is 44.6 Å². The van der Waals surface area contributed by atoms with Crippen molar-refractivity contribution in [1.29, 1.82) is 0 Å². The smallest absolute Gasteiger partial charge is 0.274 e. The summed E-state index contributed by atoms with van der Waals surface area (Å²) in [6.45, 7) is 11.5. The van der Waals surface area contributed by atoms with E-state index in [9.17, 15) is 4.79 Å². The van der Waals surface area contributed by atoms with Crippen LogP contribution in [0.5, 0.6) is 0 Å². The molecule has 0 spiro atoms. The minimum atomic E-state index is 0.159. The Morgan fingerprint density at radius 3 is 2.61 bits per heavy atom. The fourth-order valence-electron chi connectivity index (χ4n) is 5.21. The molecule has 6 heteroatoms. The first-order valence-corrected chi connectivity index (χ1v) is 11.4. The van der Waals surface area contributed by atoms with Gasteiger partial charge in [-0.1, -0.05) is 6.92 Å². The molecule has 2 saturated heterocycles. The van der Waals surface area contributed by atoms with Crippen molar-refractivity contribution in [3.63, 3.8) is 0 Å². The number of nitrogens with zero attached hydrogens (tertiary/aromatic N) is 5. The summed E-state index contributed by atoms with van der Waals surface area (Å²) in [7, 11) is 2.14. The van der Waals surface area contributed by atoms with Gasteiger partial charge in [-0.05, 0) is 78.0 Å². The minimum absolute atomic E-state index is 0.159. The number of piperidine rings is 1. The van der Waals surface area contributed by atoms with Crippen LogP contribution in [0.2, 0.25) is 0 Å². The van der Waals surface area contributed by atoms with Crippen LogP contribution >= 0.6 is 0 Å². The fraction of sp³-hybridized carbons (Fsp3) is 0.818. The SMILES string of the molecule is CCn1nc(C(=O)N2CCCN(C)CC2)c2c1CC[C@@H](N1CCC(C)CC1)C2. The number of likely N-dealkylation sites (tertiary alicyclic amines) is 1. The van der Waals surface area contributed by atoms with Gasteiger partial charge >= 0.3 is 0 Å². The molecule has 1 aliphatic carbocycles. The molecule has 3 aliphatic rings. The van der Waals surface area contributed by atoms with Crippen LogP contribution in [0, 0.1) is 5.92 Å². The molecular weight excluding hydrogens is 350 g/mol. The fourth-order valence-corrected chi connectivity index (χ4v) is 5.21. The molecule has 0 radical (unpaired) electrons. The highest BCUT2D eigenvalue weighted by Crippen LogP contribution is 2.30. The molecule has 0 unspecified atom stereocenters. The molecule has 3 heterocycles. The molecule has 2 aliphatic heterocycles. The highest BCUT2D eigenvalue weighted by Gasteiger charge is 2.34. The summed E-state index contributed by atoms with van der Waals surface area (Å²) in [5, 5.41) is 4.82. The monoisotopic (exact) mass is 387 g/mol. The standard InChI is InChI=1S/C22H37N5O/c1-4-27-20-7-6-18(25-12-8-17(2)9-13-25)16-19(20)21(23-27)22(28)26-11-5-10-24(3)14-15-26/h17-18H,4-16H2,1-3H3/t18-/m1/s1. The van der Waals surface area contributed by atoms with Gasteiger partial charge in [-0.3, -0.25) is 9.48 Å². The average Bonchev–Trinajstić information content (AvgIpc) is 2.94. The number of rotatable bonds is 3. The Labute approximate surface area is 169 Å². The van der Waals surface area contributed by atoms with E-state index in [1.165, 1.54) is 43.6 Å². The Morgan fingerprint density at radius 2 is 1.86 bits per heavy atom. The first kappa shape index (κ1) is 19.9. The molecule has 0 aromatic carbocycles. The van der Waals surface area contributed by atoms with Crippen molar-refractivity contribution in [2.45, 2.75) is 65.0 Å². The first-order valence-electron chi connectivity index (χ1n) is 11.4. The lowest BCUT2D eigenvalue weighted by Gasteiger charge is -2.38. The molecule has 1 aromatic heterocycles. The number of aryl methyl sites for hydroxylation is 1. The Hall–Kier alpha value is -1.40. The average molecular weight is 388 g/mol. The molecule has 6 nitrogen and oxygen atoms in total. The van der Waals surface area contributed by atoms with Crippen molar-refractivity contribution in [2.75, 3.05) is 46.3 Å². The van der Waals surface area contributed by atoms with Gasteiger partial charge in [0, 0.05) is 43.5 Å². The quantitative estimate of drug-likeness (QED) is 0.798. The van der Waals surface area contributed by atoms with Crippen molar-refractivity contribution in [3.8, 4) is 0 Å². The number of likely N-dealkylation sites (N-methyl/N-ethyl adjacent to an activating group) is 1. The van der Waals surface area contributed by atoms with Gasteiger partial charge in [0.2, 0.25) is 0 Å². The van der Waals surface area contributed by atoms with E-state index in [0.29, 0.717) is 6.04 Å². The van der Waals surface area contributed by atoms with Gasteiger partial charge in [0.15, 0.2) is 5.69 Å². The van der Waals surface area contributed by atoms with Crippen LogP contribution in [0.25, 0.3) is 0 Å². The molecule has 28 heavy (non-hydrogen) atoms. The summed E-state index contributed by atoms with van der Waals surface area (Å²) < 4.78 is 2.10. The van der Waals surface area contributed by atoms with Crippen molar-refractivity contribution < 1.29 is 4.79 Å². The van der Waals surface area contributed by atoms with Crippen LogP contribution in [0.4, 0.5) is 0 Å². The number of carbonyl (C=O) groups is 1. The second kappa shape index (κ2) is 8.54. The largest absolute Gasteiger partial charge is 0.336 e. The van der Waals surface area contributed by atoms with Crippen LogP contribution in [0.15, 0.2) is 0 Å². The van der Waals surface area contributed by atoms with Crippen molar-refractivity contribution in [1.82, 2.24) is 24.5 Å². The van der Waals surface area contributed by atoms with E-state index in [-0.39, 0.29) is 5.91 Å². The molecule has 1 amide bonds. The normalized spacial score (nSPS) is 25.5. The molecule has 0 N–H and O–H groups in total. The molecule has 4 rings (SSSR count). The second-order valence-electron chi connectivity index (χ2n) is 9.15. The molecule has 156 valence electrons. The Balaban J connectivity index is 1.54. The molecule has 2 fully saturated rings. The molecule has 1 atom stereocenters. The predicted molar refractivity (Wildman–Crippen MR) is 112 cm³/mol. The van der Waals surface area contributed by atoms with E-state index < -0.39 is 0 Å². The third-order valence-corrected chi connectivity index (χ3v) is 7.16. The van der Waals surface area contributed by atoms with Gasteiger partial charge in [0.25, 0.3) is 5.91 Å². The van der Waals surface area contributed by atoms with E-state index in [0.717, 1.165) is 63.6 Å². The van der Waals surface area contributed by atoms with Gasteiger partial charge in [-0.25, -0.2) is 0 Å². The molecule has 1 aromatic rings. The lowest BCUT2D eigenvalue weighted by atomic mass is 9.88. The molecule has 0 saturated carbocycles. The lowest BCUT2D eigenvalue weighted by molar-refractivity contribution is 0.0753. The lowest BCUT2D eigenvalue weighted by Crippen LogP contribution is -2.44. The zero-order valence-electron chi connectivity index (χ0n) is 18.0. The summed E-state index contributed by atoms with van der Waals surface area (Å²) in [4.78, 5) is 20.4. The van der Waals surface area contributed by atoms with Crippen LogP contribution in [0.1, 0.15) is 61.3 Å². The number of hydrogen-bond donors (Lipinski definition) is 0. The number of hydrogen-bond acceptors (Lipinski definition) is 4. The summed E-state index contributed by atoms with van der Waals surface area (Å²) in [6.07, 6.45) is 6.93. The summed E-state index contributed by atoms with van der Waals surface area (Å²) in [6, 6.07) is 0.580. The Morgan fingerprint density at radius 1 is 1.07 bits per heavy atom. The van der Waals surface area contributed by atoms with Gasteiger partial charge in [0.1, 0.15) is 0 Å². The first-order chi connectivity index (χ1) is 13.6. The van der Waals surface area contributed by atoms with E-state index in [4.69, 9.17) is 5.10 Å². The van der Waals surface area contributed by atoms with Crippen LogP contribution in [-0.2, 0) is 19.4 Å². The van der Waals surface area contributed by atoms with Gasteiger partial charge < -0.3 is 14.7 Å². The highest BCUT2D eigenvalue weighted by molar-refractivity contribution is 5.94. The van der Waals surface area contributed by atoms with Gasteiger partial charge in [0.05, 0.1) is 0 Å². The zero-order chi connectivity index (χ0) is 19.7. The van der Waals surface area contributed by atoms with Crippen LogP contribution < -0.4 is 0 Å². The second-order valence-corrected chi connectivity index (χ2v) is 9.15. The number of fused-ring (bicyclic) bond motifs is 1. The number of aromatic nitrogens is 2. The van der Waals surface area contributed by atoms with E-state index in [1.807, 2.05) is 4.90 Å². The number of amides is 1. The van der Waals surface area contributed by atoms with E-state index >= 15 is 0 Å².